The van der Waals surface area contributed by atoms with E-state index in [9.17, 15) is 9.59 Å². The topological polar surface area (TPSA) is 95.7 Å². The Morgan fingerprint density at radius 2 is 1.87 bits per heavy atom. The van der Waals surface area contributed by atoms with Crippen molar-refractivity contribution in [3.8, 4) is 0 Å². The Labute approximate surface area is 86.2 Å². The second-order valence-electron chi connectivity index (χ2n) is 2.88. The van der Waals surface area contributed by atoms with Gasteiger partial charge in [-0.15, -0.1) is 5.06 Å². The van der Waals surface area contributed by atoms with Crippen molar-refractivity contribution >= 4 is 23.3 Å². The number of hydroxylamine groups is 2. The maximum atomic E-state index is 11.2. The molecule has 0 aromatic heterocycles. The van der Waals surface area contributed by atoms with Crippen LogP contribution < -0.4 is 11.1 Å². The Balaban J connectivity index is 2.66. The summed E-state index contributed by atoms with van der Waals surface area (Å²) in [5.74, 6) is -0.761. The summed E-state index contributed by atoms with van der Waals surface area (Å²) in [6.45, 7) is 1.07. The number of hydrogen-bond acceptors (Lipinski definition) is 4. The first kappa shape index (κ1) is 11.0. The van der Waals surface area contributed by atoms with Gasteiger partial charge in [0.2, 0.25) is 0 Å². The molecule has 0 radical (unpaired) electrons. The van der Waals surface area contributed by atoms with Crippen molar-refractivity contribution in [3.63, 3.8) is 0 Å². The number of imide groups is 1. The van der Waals surface area contributed by atoms with Crippen molar-refractivity contribution in [2.24, 2.45) is 0 Å². The molecule has 15 heavy (non-hydrogen) atoms. The SMILES string of the molecule is CC(=O)N(O)C(=O)Nc1ccc(N)cc1. The number of benzene rings is 1. The molecule has 0 aliphatic rings. The molecular formula is C9H11N3O3. The highest BCUT2D eigenvalue weighted by atomic mass is 16.5. The third-order valence-electron chi connectivity index (χ3n) is 1.65. The molecule has 0 spiro atoms. The van der Waals surface area contributed by atoms with Crippen LogP contribution in [0.5, 0.6) is 0 Å². The zero-order valence-electron chi connectivity index (χ0n) is 8.10. The van der Waals surface area contributed by atoms with Gasteiger partial charge in [-0.3, -0.25) is 10.0 Å². The average molecular weight is 209 g/mol. The molecular weight excluding hydrogens is 198 g/mol. The summed E-state index contributed by atoms with van der Waals surface area (Å²) in [6.07, 6.45) is 0. The minimum Gasteiger partial charge on any atom is -0.399 e. The van der Waals surface area contributed by atoms with Crippen LogP contribution in [0.25, 0.3) is 0 Å². The Hall–Kier alpha value is -2.08. The fraction of sp³-hybridized carbons (Fsp3) is 0.111. The van der Waals surface area contributed by atoms with Crippen LogP contribution >= 0.6 is 0 Å². The third-order valence-corrected chi connectivity index (χ3v) is 1.65. The van der Waals surface area contributed by atoms with Crippen LogP contribution in [0.3, 0.4) is 0 Å². The molecule has 0 unspecified atom stereocenters. The molecule has 0 fully saturated rings. The maximum absolute atomic E-state index is 11.2. The van der Waals surface area contributed by atoms with Crippen molar-refractivity contribution in [2.45, 2.75) is 6.92 Å². The highest BCUT2D eigenvalue weighted by Crippen LogP contribution is 2.10. The van der Waals surface area contributed by atoms with Gasteiger partial charge in [0.15, 0.2) is 0 Å². The number of nitrogens with one attached hydrogen (secondary N) is 1. The lowest BCUT2D eigenvalue weighted by atomic mass is 10.3. The molecule has 0 saturated carbocycles. The first-order valence-electron chi connectivity index (χ1n) is 4.17. The lowest BCUT2D eigenvalue weighted by Crippen LogP contribution is -2.35. The van der Waals surface area contributed by atoms with Crippen LogP contribution in [0, 0.1) is 0 Å². The Morgan fingerprint density at radius 1 is 1.33 bits per heavy atom. The number of urea groups is 1. The molecule has 1 rings (SSSR count). The standard InChI is InChI=1S/C9H11N3O3/c1-6(13)12(15)9(14)11-8-4-2-7(10)3-5-8/h2-5,15H,10H2,1H3,(H,11,14). The van der Waals surface area contributed by atoms with Crippen LogP contribution in [-0.2, 0) is 4.79 Å². The van der Waals surface area contributed by atoms with Crippen molar-refractivity contribution < 1.29 is 14.8 Å². The molecule has 0 aliphatic carbocycles. The summed E-state index contributed by atoms with van der Waals surface area (Å²) in [5, 5.41) is 11.3. The van der Waals surface area contributed by atoms with E-state index in [0.717, 1.165) is 6.92 Å². The van der Waals surface area contributed by atoms with Gasteiger partial charge < -0.3 is 11.1 Å². The molecule has 0 atom stereocenters. The monoisotopic (exact) mass is 209 g/mol. The molecule has 4 N–H and O–H groups in total. The largest absolute Gasteiger partial charge is 0.399 e. The normalized spacial score (nSPS) is 9.47. The van der Waals surface area contributed by atoms with E-state index in [0.29, 0.717) is 11.4 Å². The second-order valence-corrected chi connectivity index (χ2v) is 2.88. The summed E-state index contributed by atoms with van der Waals surface area (Å²) < 4.78 is 0. The molecule has 0 aliphatic heterocycles. The van der Waals surface area contributed by atoms with Gasteiger partial charge in [0.1, 0.15) is 0 Å². The highest BCUT2D eigenvalue weighted by Gasteiger charge is 2.14. The second kappa shape index (κ2) is 4.43. The number of rotatable bonds is 1. The lowest BCUT2D eigenvalue weighted by molar-refractivity contribution is -0.149. The van der Waals surface area contributed by atoms with Gasteiger partial charge >= 0.3 is 6.03 Å². The lowest BCUT2D eigenvalue weighted by Gasteiger charge is -2.11. The molecule has 6 heteroatoms. The van der Waals surface area contributed by atoms with Gasteiger partial charge in [-0.05, 0) is 24.3 Å². The zero-order chi connectivity index (χ0) is 11.4. The van der Waals surface area contributed by atoms with Crippen molar-refractivity contribution in [1.82, 2.24) is 5.06 Å². The van der Waals surface area contributed by atoms with Crippen LogP contribution in [0.4, 0.5) is 16.2 Å². The van der Waals surface area contributed by atoms with Gasteiger partial charge in [-0.25, -0.2) is 4.79 Å². The van der Waals surface area contributed by atoms with Gasteiger partial charge in [0.25, 0.3) is 5.91 Å². The number of nitrogens with two attached hydrogens (primary N) is 1. The summed E-state index contributed by atoms with van der Waals surface area (Å²) in [4.78, 5) is 21.8. The van der Waals surface area contributed by atoms with E-state index in [1.807, 2.05) is 0 Å². The summed E-state index contributed by atoms with van der Waals surface area (Å²) in [6, 6.07) is 5.38. The molecule has 0 saturated heterocycles. The van der Waals surface area contributed by atoms with Crippen LogP contribution in [0.1, 0.15) is 6.92 Å². The Morgan fingerprint density at radius 3 is 2.33 bits per heavy atom. The average Bonchev–Trinajstić information content (AvgIpc) is 2.20. The van der Waals surface area contributed by atoms with Gasteiger partial charge in [-0.2, -0.15) is 0 Å². The summed E-state index contributed by atoms with van der Waals surface area (Å²) in [5.41, 5.74) is 6.43. The molecule has 0 heterocycles. The first-order chi connectivity index (χ1) is 7.00. The van der Waals surface area contributed by atoms with Gasteiger partial charge in [-0.1, -0.05) is 0 Å². The third kappa shape index (κ3) is 2.96. The minimum absolute atomic E-state index is 0.00361. The predicted molar refractivity (Wildman–Crippen MR) is 54.2 cm³/mol. The molecule has 80 valence electrons. The molecule has 1 aromatic carbocycles. The van der Waals surface area contributed by atoms with E-state index in [4.69, 9.17) is 10.9 Å². The molecule has 0 bridgehead atoms. The Kier molecular flexibility index (Phi) is 3.25. The van der Waals surface area contributed by atoms with Gasteiger partial charge in [0, 0.05) is 18.3 Å². The van der Waals surface area contributed by atoms with E-state index in [-0.39, 0.29) is 5.06 Å². The number of carbonyl (C=O) groups is 2. The quantitative estimate of drug-likeness (QED) is 0.366. The van der Waals surface area contributed by atoms with Crippen molar-refractivity contribution in [1.29, 1.82) is 0 Å². The van der Waals surface area contributed by atoms with E-state index >= 15 is 0 Å². The predicted octanol–water partition coefficient (Wildman–Crippen LogP) is 1.04. The van der Waals surface area contributed by atoms with E-state index in [1.54, 1.807) is 24.3 Å². The fourth-order valence-electron chi connectivity index (χ4n) is 0.886. The minimum atomic E-state index is -0.910. The van der Waals surface area contributed by atoms with Crippen LogP contribution in [0.2, 0.25) is 0 Å². The maximum Gasteiger partial charge on any atom is 0.353 e. The number of anilines is 2. The first-order valence-corrected chi connectivity index (χ1v) is 4.17. The zero-order valence-corrected chi connectivity index (χ0v) is 8.10. The number of nitrogens with zero attached hydrogens (tertiary/aromatic N) is 1. The highest BCUT2D eigenvalue weighted by molar-refractivity contribution is 5.99. The van der Waals surface area contributed by atoms with Crippen LogP contribution in [0.15, 0.2) is 24.3 Å². The number of hydrogen-bond donors (Lipinski definition) is 3. The summed E-state index contributed by atoms with van der Waals surface area (Å²) in [7, 11) is 0. The molecule has 3 amide bonds. The van der Waals surface area contributed by atoms with Gasteiger partial charge in [0.05, 0.1) is 0 Å². The van der Waals surface area contributed by atoms with E-state index < -0.39 is 11.9 Å². The molecule has 6 nitrogen and oxygen atoms in total. The Bertz CT molecular complexity index is 375. The number of nitrogen functional groups attached to an aromatic ring is 1. The molecule has 1 aromatic rings. The number of carbonyl (C=O) groups excluding carboxylic acids is 2. The summed E-state index contributed by atoms with van der Waals surface area (Å²) >= 11 is 0. The van der Waals surface area contributed by atoms with E-state index in [1.165, 1.54) is 0 Å². The number of amides is 3. The van der Waals surface area contributed by atoms with E-state index in [2.05, 4.69) is 5.32 Å². The van der Waals surface area contributed by atoms with Crippen molar-refractivity contribution in [3.05, 3.63) is 24.3 Å². The van der Waals surface area contributed by atoms with Crippen molar-refractivity contribution in [2.75, 3.05) is 11.1 Å². The smallest absolute Gasteiger partial charge is 0.353 e. The van der Waals surface area contributed by atoms with Crippen LogP contribution in [-0.4, -0.2) is 22.2 Å². The fourth-order valence-corrected chi connectivity index (χ4v) is 0.886.